The molecule has 1 aliphatic rings. The van der Waals surface area contributed by atoms with E-state index in [4.69, 9.17) is 4.99 Å². The number of fused-ring (bicyclic) bond motifs is 1. The van der Waals surface area contributed by atoms with E-state index in [1.807, 2.05) is 12.1 Å². The molecular formula is C27H22N2. The second-order valence-corrected chi connectivity index (χ2v) is 7.38. The molecular weight excluding hydrogens is 352 g/mol. The summed E-state index contributed by atoms with van der Waals surface area (Å²) >= 11 is 0. The molecule has 1 heterocycles. The minimum absolute atomic E-state index is 0.909. The van der Waals surface area contributed by atoms with Gasteiger partial charge in [-0.05, 0) is 52.6 Å². The summed E-state index contributed by atoms with van der Waals surface area (Å²) in [7, 11) is 2.11. The first-order chi connectivity index (χ1) is 14.3. The van der Waals surface area contributed by atoms with Crippen molar-refractivity contribution in [3.63, 3.8) is 0 Å². The minimum Gasteiger partial charge on any atom is -0.345 e. The van der Waals surface area contributed by atoms with Gasteiger partial charge in [0.2, 0.25) is 0 Å². The SMILES string of the molecule is CN(c1ccc(C2=Nc3ccccc3C2)cc1)c1ccc(-c2ccccc2)cc1. The van der Waals surface area contributed by atoms with E-state index < -0.39 is 0 Å². The first-order valence-electron chi connectivity index (χ1n) is 9.93. The Hall–Kier alpha value is -3.65. The van der Waals surface area contributed by atoms with Crippen LogP contribution in [0, 0.1) is 0 Å². The topological polar surface area (TPSA) is 15.6 Å². The zero-order valence-electron chi connectivity index (χ0n) is 16.4. The lowest BCUT2D eigenvalue weighted by Gasteiger charge is -2.20. The van der Waals surface area contributed by atoms with Gasteiger partial charge in [0, 0.05) is 24.8 Å². The van der Waals surface area contributed by atoms with Crippen molar-refractivity contribution in [1.82, 2.24) is 0 Å². The van der Waals surface area contributed by atoms with Crippen molar-refractivity contribution < 1.29 is 0 Å². The molecule has 0 aromatic heterocycles. The number of aliphatic imine (C=N–C) groups is 1. The Morgan fingerprint density at radius 1 is 0.586 bits per heavy atom. The van der Waals surface area contributed by atoms with Crippen molar-refractivity contribution in [2.75, 3.05) is 11.9 Å². The van der Waals surface area contributed by atoms with Crippen LogP contribution in [-0.4, -0.2) is 12.8 Å². The molecule has 4 aromatic rings. The predicted molar refractivity (Wildman–Crippen MR) is 123 cm³/mol. The summed E-state index contributed by atoms with van der Waals surface area (Å²) in [6, 6.07) is 36.3. The third-order valence-electron chi connectivity index (χ3n) is 5.55. The normalized spacial score (nSPS) is 12.4. The smallest absolute Gasteiger partial charge is 0.0669 e. The monoisotopic (exact) mass is 374 g/mol. The predicted octanol–water partition coefficient (Wildman–Crippen LogP) is 6.80. The van der Waals surface area contributed by atoms with Gasteiger partial charge in [0.15, 0.2) is 0 Å². The van der Waals surface area contributed by atoms with E-state index in [9.17, 15) is 0 Å². The fourth-order valence-electron chi connectivity index (χ4n) is 3.84. The van der Waals surface area contributed by atoms with Crippen LogP contribution in [0.1, 0.15) is 11.1 Å². The van der Waals surface area contributed by atoms with Crippen molar-refractivity contribution in [1.29, 1.82) is 0 Å². The Balaban J connectivity index is 1.34. The third-order valence-corrected chi connectivity index (χ3v) is 5.55. The zero-order chi connectivity index (χ0) is 19.6. The summed E-state index contributed by atoms with van der Waals surface area (Å²) in [5, 5.41) is 0. The number of benzene rings is 4. The average molecular weight is 374 g/mol. The number of para-hydroxylation sites is 1. The van der Waals surface area contributed by atoms with Gasteiger partial charge in [-0.3, -0.25) is 4.99 Å². The quantitative estimate of drug-likeness (QED) is 0.383. The van der Waals surface area contributed by atoms with E-state index >= 15 is 0 Å². The highest BCUT2D eigenvalue weighted by Crippen LogP contribution is 2.30. The van der Waals surface area contributed by atoms with Gasteiger partial charge in [-0.25, -0.2) is 0 Å². The van der Waals surface area contributed by atoms with E-state index in [-0.39, 0.29) is 0 Å². The van der Waals surface area contributed by atoms with Crippen molar-refractivity contribution in [3.8, 4) is 11.1 Å². The number of hydrogen-bond donors (Lipinski definition) is 0. The van der Waals surface area contributed by atoms with Crippen LogP contribution < -0.4 is 4.90 Å². The standard InChI is InChI=1S/C27H22N2/c1-29(24-15-11-21(12-16-24)20-7-3-2-4-8-20)25-17-13-22(14-18-25)27-19-23-9-5-6-10-26(23)28-27/h2-18H,19H2,1H3. The van der Waals surface area contributed by atoms with Gasteiger partial charge < -0.3 is 4.90 Å². The third kappa shape index (κ3) is 3.45. The van der Waals surface area contributed by atoms with Gasteiger partial charge in [0.25, 0.3) is 0 Å². The highest BCUT2D eigenvalue weighted by atomic mass is 15.1. The second kappa shape index (κ2) is 7.40. The van der Waals surface area contributed by atoms with Crippen LogP contribution in [-0.2, 0) is 6.42 Å². The fraction of sp³-hybridized carbons (Fsp3) is 0.0741. The van der Waals surface area contributed by atoms with Gasteiger partial charge in [0.05, 0.1) is 11.4 Å². The first-order valence-corrected chi connectivity index (χ1v) is 9.93. The lowest BCUT2D eigenvalue weighted by atomic mass is 10.0. The summed E-state index contributed by atoms with van der Waals surface area (Å²) in [6.45, 7) is 0. The van der Waals surface area contributed by atoms with Crippen molar-refractivity contribution >= 4 is 22.8 Å². The molecule has 0 spiro atoms. The number of anilines is 2. The summed E-state index contributed by atoms with van der Waals surface area (Å²) in [4.78, 5) is 7.01. The molecule has 0 N–H and O–H groups in total. The second-order valence-electron chi connectivity index (χ2n) is 7.38. The molecule has 0 amide bonds. The molecule has 1 aliphatic heterocycles. The molecule has 0 unspecified atom stereocenters. The molecule has 0 atom stereocenters. The van der Waals surface area contributed by atoms with Crippen molar-refractivity contribution in [2.45, 2.75) is 6.42 Å². The highest BCUT2D eigenvalue weighted by molar-refractivity contribution is 6.06. The van der Waals surface area contributed by atoms with Crippen LogP contribution >= 0.6 is 0 Å². The lowest BCUT2D eigenvalue weighted by Crippen LogP contribution is -2.09. The number of rotatable bonds is 4. The Kier molecular flexibility index (Phi) is 4.45. The molecule has 0 saturated heterocycles. The van der Waals surface area contributed by atoms with E-state index in [1.54, 1.807) is 0 Å². The lowest BCUT2D eigenvalue weighted by molar-refractivity contribution is 1.21. The summed E-state index contributed by atoms with van der Waals surface area (Å²) < 4.78 is 0. The molecule has 4 aromatic carbocycles. The molecule has 0 bridgehead atoms. The molecule has 2 nitrogen and oxygen atoms in total. The van der Waals surface area contributed by atoms with Crippen LogP contribution in [0.5, 0.6) is 0 Å². The Bertz CT molecular complexity index is 1160. The number of nitrogens with zero attached hydrogens (tertiary/aromatic N) is 2. The summed E-state index contributed by atoms with van der Waals surface area (Å²) in [5.74, 6) is 0. The van der Waals surface area contributed by atoms with Gasteiger partial charge in [-0.1, -0.05) is 72.8 Å². The van der Waals surface area contributed by atoms with Gasteiger partial charge in [-0.15, -0.1) is 0 Å². The van der Waals surface area contributed by atoms with E-state index in [1.165, 1.54) is 27.9 Å². The minimum atomic E-state index is 0.909. The van der Waals surface area contributed by atoms with Crippen LogP contribution in [0.2, 0.25) is 0 Å². The highest BCUT2D eigenvalue weighted by Gasteiger charge is 2.15. The molecule has 5 rings (SSSR count). The van der Waals surface area contributed by atoms with E-state index in [2.05, 4.69) is 103 Å². The van der Waals surface area contributed by atoms with Crippen LogP contribution in [0.4, 0.5) is 17.1 Å². The molecule has 29 heavy (non-hydrogen) atoms. The van der Waals surface area contributed by atoms with E-state index in [0.717, 1.165) is 23.5 Å². The van der Waals surface area contributed by atoms with Crippen molar-refractivity contribution in [3.05, 3.63) is 114 Å². The largest absolute Gasteiger partial charge is 0.345 e. The molecule has 140 valence electrons. The van der Waals surface area contributed by atoms with Gasteiger partial charge in [0.1, 0.15) is 0 Å². The maximum atomic E-state index is 4.80. The van der Waals surface area contributed by atoms with Gasteiger partial charge >= 0.3 is 0 Å². The van der Waals surface area contributed by atoms with Crippen LogP contribution in [0.25, 0.3) is 11.1 Å². The summed E-state index contributed by atoms with van der Waals surface area (Å²) in [6.07, 6.45) is 0.909. The maximum absolute atomic E-state index is 4.80. The van der Waals surface area contributed by atoms with Crippen molar-refractivity contribution in [2.24, 2.45) is 4.99 Å². The zero-order valence-corrected chi connectivity index (χ0v) is 16.4. The van der Waals surface area contributed by atoms with Crippen LogP contribution in [0.3, 0.4) is 0 Å². The molecule has 2 heteroatoms. The van der Waals surface area contributed by atoms with E-state index in [0.29, 0.717) is 0 Å². The van der Waals surface area contributed by atoms with Crippen LogP contribution in [0.15, 0.2) is 108 Å². The summed E-state index contributed by atoms with van der Waals surface area (Å²) in [5.41, 5.74) is 9.55. The number of hydrogen-bond acceptors (Lipinski definition) is 2. The average Bonchev–Trinajstić information content (AvgIpc) is 3.24. The Morgan fingerprint density at radius 2 is 1.14 bits per heavy atom. The van der Waals surface area contributed by atoms with Gasteiger partial charge in [-0.2, -0.15) is 0 Å². The maximum Gasteiger partial charge on any atom is 0.0669 e. The molecule has 0 radical (unpaired) electrons. The Labute approximate surface area is 171 Å². The molecule has 0 fully saturated rings. The molecule has 0 saturated carbocycles. The Morgan fingerprint density at radius 3 is 1.79 bits per heavy atom. The fourth-order valence-corrected chi connectivity index (χ4v) is 3.84. The first kappa shape index (κ1) is 17.4. The molecule has 0 aliphatic carbocycles.